The van der Waals surface area contributed by atoms with Gasteiger partial charge < -0.3 is 14.6 Å². The summed E-state index contributed by atoms with van der Waals surface area (Å²) in [4.78, 5) is 8.88. The fourth-order valence-electron chi connectivity index (χ4n) is 2.49. The fourth-order valence-corrected chi connectivity index (χ4v) is 2.49. The quantitative estimate of drug-likeness (QED) is 0.590. The van der Waals surface area contributed by atoms with Crippen molar-refractivity contribution in [3.05, 3.63) is 42.5 Å². The zero-order chi connectivity index (χ0) is 17.7. The van der Waals surface area contributed by atoms with Gasteiger partial charge in [0.2, 0.25) is 0 Å². The van der Waals surface area contributed by atoms with Crippen molar-refractivity contribution in [2.45, 2.75) is 39.0 Å². The molecule has 0 bridgehead atoms. The second kappa shape index (κ2) is 11.6. The molecule has 1 heterocycles. The number of hydrogen-bond donors (Lipinski definition) is 1. The van der Waals surface area contributed by atoms with Gasteiger partial charge in [0.25, 0.3) is 0 Å². The maximum Gasteiger partial charge on any atom is 0.128 e. The van der Waals surface area contributed by atoms with E-state index in [2.05, 4.69) is 9.97 Å². The standard InChI is InChI=1S/C20H28N2O3/c1-2-24-13-14-25-12-6-4-3-5-7-20-21-15-18(16-22-20)17-8-10-19(23)11-9-17/h8-11,15-16,23H,2-7,12-14H2,1H3. The number of unbranched alkanes of at least 4 members (excludes halogenated alkanes) is 3. The summed E-state index contributed by atoms with van der Waals surface area (Å²) in [7, 11) is 0. The SMILES string of the molecule is CCOCCOCCCCCCc1ncc(-c2ccc(O)cc2)cn1. The largest absolute Gasteiger partial charge is 0.508 e. The van der Waals surface area contributed by atoms with Crippen molar-refractivity contribution < 1.29 is 14.6 Å². The van der Waals surface area contributed by atoms with E-state index in [1.165, 1.54) is 6.42 Å². The van der Waals surface area contributed by atoms with Crippen LogP contribution in [0.15, 0.2) is 36.7 Å². The van der Waals surface area contributed by atoms with E-state index in [0.29, 0.717) is 13.2 Å². The van der Waals surface area contributed by atoms with Crippen LogP contribution in [0, 0.1) is 0 Å². The minimum Gasteiger partial charge on any atom is -0.508 e. The van der Waals surface area contributed by atoms with Gasteiger partial charge in [-0.3, -0.25) is 0 Å². The maximum atomic E-state index is 9.33. The van der Waals surface area contributed by atoms with Crippen LogP contribution in [0.3, 0.4) is 0 Å². The molecule has 0 spiro atoms. The van der Waals surface area contributed by atoms with Crippen molar-refractivity contribution in [2.24, 2.45) is 0 Å². The van der Waals surface area contributed by atoms with Crippen LogP contribution in [-0.4, -0.2) is 41.5 Å². The fraction of sp³-hybridized carbons (Fsp3) is 0.500. The number of phenols is 1. The Morgan fingerprint density at radius 1 is 0.800 bits per heavy atom. The van der Waals surface area contributed by atoms with Gasteiger partial charge in [-0.1, -0.05) is 25.0 Å². The monoisotopic (exact) mass is 344 g/mol. The van der Waals surface area contributed by atoms with Crippen molar-refractivity contribution in [1.82, 2.24) is 9.97 Å². The topological polar surface area (TPSA) is 64.5 Å². The second-order valence-corrected chi connectivity index (χ2v) is 5.91. The Hall–Kier alpha value is -1.98. The average molecular weight is 344 g/mol. The Morgan fingerprint density at radius 2 is 1.48 bits per heavy atom. The molecule has 5 nitrogen and oxygen atoms in total. The van der Waals surface area contributed by atoms with E-state index in [4.69, 9.17) is 9.47 Å². The number of nitrogens with zero attached hydrogens (tertiary/aromatic N) is 2. The van der Waals surface area contributed by atoms with Crippen LogP contribution in [0.5, 0.6) is 5.75 Å². The summed E-state index contributed by atoms with van der Waals surface area (Å²) in [5.74, 6) is 1.15. The molecule has 0 fully saturated rings. The number of rotatable bonds is 12. The van der Waals surface area contributed by atoms with E-state index < -0.39 is 0 Å². The normalized spacial score (nSPS) is 10.9. The molecule has 0 radical (unpaired) electrons. The molecule has 1 N–H and O–H groups in total. The first-order valence-corrected chi connectivity index (χ1v) is 9.05. The van der Waals surface area contributed by atoms with Crippen molar-refractivity contribution in [3.8, 4) is 16.9 Å². The molecule has 136 valence electrons. The van der Waals surface area contributed by atoms with Gasteiger partial charge in [0.1, 0.15) is 11.6 Å². The van der Waals surface area contributed by atoms with Gasteiger partial charge in [-0.2, -0.15) is 0 Å². The summed E-state index contributed by atoms with van der Waals surface area (Å²) in [5.41, 5.74) is 1.97. The van der Waals surface area contributed by atoms with Gasteiger partial charge in [-0.25, -0.2) is 9.97 Å². The summed E-state index contributed by atoms with van der Waals surface area (Å²) in [6.45, 7) is 4.93. The predicted molar refractivity (Wildman–Crippen MR) is 98.6 cm³/mol. The molecule has 0 aliphatic heterocycles. The lowest BCUT2D eigenvalue weighted by Gasteiger charge is -2.05. The van der Waals surface area contributed by atoms with E-state index in [-0.39, 0.29) is 5.75 Å². The molecule has 1 aromatic heterocycles. The predicted octanol–water partition coefficient (Wildman–Crippen LogP) is 4.01. The molecular weight excluding hydrogens is 316 g/mol. The van der Waals surface area contributed by atoms with Crippen LogP contribution in [0.25, 0.3) is 11.1 Å². The van der Waals surface area contributed by atoms with Crippen molar-refractivity contribution in [2.75, 3.05) is 26.4 Å². The molecule has 0 saturated heterocycles. The first kappa shape index (κ1) is 19.3. The van der Waals surface area contributed by atoms with Crippen LogP contribution in [-0.2, 0) is 15.9 Å². The molecule has 0 atom stereocenters. The molecule has 0 unspecified atom stereocenters. The zero-order valence-electron chi connectivity index (χ0n) is 15.0. The maximum absolute atomic E-state index is 9.33. The van der Waals surface area contributed by atoms with Crippen molar-refractivity contribution in [3.63, 3.8) is 0 Å². The number of benzene rings is 1. The van der Waals surface area contributed by atoms with E-state index in [9.17, 15) is 5.11 Å². The van der Waals surface area contributed by atoms with Gasteiger partial charge in [-0.05, 0) is 37.5 Å². The molecule has 0 amide bonds. The molecule has 0 aliphatic carbocycles. The summed E-state index contributed by atoms with van der Waals surface area (Å²) in [5, 5.41) is 9.33. The van der Waals surface area contributed by atoms with E-state index in [1.54, 1.807) is 12.1 Å². The van der Waals surface area contributed by atoms with Crippen molar-refractivity contribution in [1.29, 1.82) is 0 Å². The Balaban J connectivity index is 1.58. The first-order valence-electron chi connectivity index (χ1n) is 9.05. The number of ether oxygens (including phenoxy) is 2. The summed E-state index contributed by atoms with van der Waals surface area (Å²) < 4.78 is 10.7. The highest BCUT2D eigenvalue weighted by atomic mass is 16.5. The van der Waals surface area contributed by atoms with Crippen molar-refractivity contribution >= 4 is 0 Å². The molecule has 1 aromatic carbocycles. The highest BCUT2D eigenvalue weighted by Gasteiger charge is 2.01. The second-order valence-electron chi connectivity index (χ2n) is 5.91. The highest BCUT2D eigenvalue weighted by Crippen LogP contribution is 2.20. The van der Waals surface area contributed by atoms with Gasteiger partial charge in [0.05, 0.1) is 13.2 Å². The molecule has 0 aliphatic rings. The third kappa shape index (κ3) is 7.63. The lowest BCUT2D eigenvalue weighted by molar-refractivity contribution is 0.0512. The van der Waals surface area contributed by atoms with E-state index in [0.717, 1.165) is 55.8 Å². The lowest BCUT2D eigenvalue weighted by Crippen LogP contribution is -2.04. The summed E-state index contributed by atoms with van der Waals surface area (Å²) in [6.07, 6.45) is 9.12. The lowest BCUT2D eigenvalue weighted by atomic mass is 10.1. The number of phenolic OH excluding ortho intramolecular Hbond substituents is 1. The van der Waals surface area contributed by atoms with Gasteiger partial charge in [-0.15, -0.1) is 0 Å². The first-order chi connectivity index (χ1) is 12.3. The van der Waals surface area contributed by atoms with E-state index >= 15 is 0 Å². The van der Waals surface area contributed by atoms with Crippen LogP contribution < -0.4 is 0 Å². The number of aryl methyl sites for hydroxylation is 1. The molecular formula is C20H28N2O3. The van der Waals surface area contributed by atoms with Crippen LogP contribution in [0.2, 0.25) is 0 Å². The Kier molecular flexibility index (Phi) is 8.94. The molecule has 25 heavy (non-hydrogen) atoms. The smallest absolute Gasteiger partial charge is 0.128 e. The Morgan fingerprint density at radius 3 is 2.20 bits per heavy atom. The van der Waals surface area contributed by atoms with Gasteiger partial charge in [0.15, 0.2) is 0 Å². The number of hydrogen-bond acceptors (Lipinski definition) is 5. The van der Waals surface area contributed by atoms with Crippen LogP contribution in [0.4, 0.5) is 0 Å². The van der Waals surface area contributed by atoms with E-state index in [1.807, 2.05) is 31.5 Å². The number of aromatic nitrogens is 2. The minimum atomic E-state index is 0.265. The van der Waals surface area contributed by atoms with Gasteiger partial charge >= 0.3 is 0 Å². The molecule has 2 rings (SSSR count). The molecule has 5 heteroatoms. The van der Waals surface area contributed by atoms with Gasteiger partial charge in [0, 0.05) is 37.6 Å². The average Bonchev–Trinajstić information content (AvgIpc) is 2.64. The zero-order valence-corrected chi connectivity index (χ0v) is 15.0. The highest BCUT2D eigenvalue weighted by molar-refractivity contribution is 5.62. The Labute approximate surface area is 150 Å². The van der Waals surface area contributed by atoms with Crippen LogP contribution >= 0.6 is 0 Å². The molecule has 2 aromatic rings. The summed E-state index contributed by atoms with van der Waals surface area (Å²) >= 11 is 0. The van der Waals surface area contributed by atoms with Crippen LogP contribution in [0.1, 0.15) is 38.4 Å². The molecule has 0 saturated carbocycles. The third-order valence-corrected chi connectivity index (χ3v) is 3.92. The summed E-state index contributed by atoms with van der Waals surface area (Å²) in [6, 6.07) is 7.07. The third-order valence-electron chi connectivity index (χ3n) is 3.92. The number of aromatic hydroxyl groups is 1. The minimum absolute atomic E-state index is 0.265. The Bertz CT molecular complexity index is 585.